The maximum atomic E-state index is 13.3. The Morgan fingerprint density at radius 1 is 1.12 bits per heavy atom. The maximum absolute atomic E-state index is 13.3. The summed E-state index contributed by atoms with van der Waals surface area (Å²) >= 11 is 0. The average molecular weight is 462 g/mol. The van der Waals surface area contributed by atoms with Gasteiger partial charge >= 0.3 is 0 Å². The van der Waals surface area contributed by atoms with Gasteiger partial charge in [-0.2, -0.15) is 0 Å². The topological polar surface area (TPSA) is 202 Å². The number of hydrogen-bond acceptors (Lipinski definition) is 10. The van der Waals surface area contributed by atoms with Crippen LogP contribution in [-0.2, 0) is 15.2 Å². The predicted molar refractivity (Wildman–Crippen MR) is 113 cm³/mol. The summed E-state index contributed by atoms with van der Waals surface area (Å²) < 4.78 is 0. The number of Topliss-reactive ketones (excluding diaryl/α,β-unsaturated/α-hetero) is 2. The summed E-state index contributed by atoms with van der Waals surface area (Å²) in [5, 5.41) is 65.3. The van der Waals surface area contributed by atoms with Gasteiger partial charge in [0.2, 0.25) is 0 Å². The minimum absolute atomic E-state index is 0.0670. The molecule has 0 saturated heterocycles. The lowest BCUT2D eigenvalue weighted by Crippen LogP contribution is -2.56. The van der Waals surface area contributed by atoms with E-state index in [1.165, 1.54) is 44.1 Å². The molecule has 11 nitrogen and oxygen atoms in total. The highest BCUT2D eigenvalue weighted by Crippen LogP contribution is 2.48. The fourth-order valence-corrected chi connectivity index (χ4v) is 4.72. The zero-order valence-electron chi connectivity index (χ0n) is 18.2. The van der Waals surface area contributed by atoms with Gasteiger partial charge in [-0.3, -0.25) is 19.3 Å². The van der Waals surface area contributed by atoms with Crippen LogP contribution in [0, 0.1) is 5.92 Å². The summed E-state index contributed by atoms with van der Waals surface area (Å²) in [6.07, 6.45) is -4.93. The number of rotatable bonds is 2. The molecule has 0 radical (unpaired) electrons. The first-order chi connectivity index (χ1) is 15.2. The van der Waals surface area contributed by atoms with Crippen LogP contribution < -0.4 is 5.73 Å². The second-order valence-electron chi connectivity index (χ2n) is 8.63. The van der Waals surface area contributed by atoms with E-state index in [1.54, 1.807) is 0 Å². The molecule has 0 aliphatic heterocycles. The van der Waals surface area contributed by atoms with E-state index in [4.69, 9.17) is 5.73 Å². The summed E-state index contributed by atoms with van der Waals surface area (Å²) in [5.74, 6) is -7.48. The molecule has 8 N–H and O–H groups in total. The number of primary amides is 1. The molecule has 1 aromatic rings. The van der Waals surface area contributed by atoms with Crippen LogP contribution in [0.5, 0.6) is 5.75 Å². The molecule has 11 heteroatoms. The van der Waals surface area contributed by atoms with E-state index in [0.29, 0.717) is 0 Å². The van der Waals surface area contributed by atoms with Gasteiger partial charge in [-0.1, -0.05) is 12.1 Å². The second-order valence-corrected chi connectivity index (χ2v) is 8.63. The SMILES string of the molecule is CN(C)C1/C(O)=C(/C(N)=O)C(=O)C/C(O)=C2/C(=O)c3c(O)cccc3[C@@](C)(O)[C@H]2[C@H](O)C1O. The van der Waals surface area contributed by atoms with Gasteiger partial charge < -0.3 is 36.4 Å². The van der Waals surface area contributed by atoms with Crippen molar-refractivity contribution < 1.29 is 45.0 Å². The van der Waals surface area contributed by atoms with Crippen LogP contribution in [0.1, 0.15) is 29.3 Å². The van der Waals surface area contributed by atoms with Crippen LogP contribution in [-0.4, -0.2) is 85.4 Å². The molecule has 3 rings (SSSR count). The van der Waals surface area contributed by atoms with Gasteiger partial charge in [0.1, 0.15) is 28.9 Å². The number of phenols is 1. The monoisotopic (exact) mass is 462 g/mol. The standard InChI is InChI=1S/C22H26N2O9/c1-22(33)8-5-4-6-9(25)12(8)17(28)13-10(26)7-11(27)14(21(23)32)18(29)16(24(2)3)20(31)19(30)15(13)22/h4-6,15-16,19-20,25-26,29-31,33H,7H2,1-3H3,(H2,23,32)/b13-10-,18-14-/t15-,16?,19+,20?,22-/m1/s1. The highest BCUT2D eigenvalue weighted by atomic mass is 16.3. The van der Waals surface area contributed by atoms with E-state index in [0.717, 1.165) is 0 Å². The molecule has 1 aromatic carbocycles. The van der Waals surface area contributed by atoms with Crippen LogP contribution in [0.3, 0.4) is 0 Å². The van der Waals surface area contributed by atoms with E-state index in [2.05, 4.69) is 0 Å². The molecule has 0 fully saturated rings. The maximum Gasteiger partial charge on any atom is 0.255 e. The van der Waals surface area contributed by atoms with Crippen molar-refractivity contribution in [2.45, 2.75) is 37.2 Å². The Labute approximate surface area is 188 Å². The molecular weight excluding hydrogens is 436 g/mol. The number of nitrogens with two attached hydrogens (primary N) is 1. The van der Waals surface area contributed by atoms with Crippen LogP contribution in [0.25, 0.3) is 0 Å². The van der Waals surface area contributed by atoms with E-state index < -0.39 is 82.1 Å². The third kappa shape index (κ3) is 3.68. The van der Waals surface area contributed by atoms with Crippen LogP contribution in [0.4, 0.5) is 0 Å². The molecule has 2 unspecified atom stereocenters. The van der Waals surface area contributed by atoms with Crippen LogP contribution >= 0.6 is 0 Å². The highest BCUT2D eigenvalue weighted by Gasteiger charge is 2.54. The summed E-state index contributed by atoms with van der Waals surface area (Å²) in [4.78, 5) is 39.3. The Hall–Kier alpha value is -3.25. The van der Waals surface area contributed by atoms with Gasteiger partial charge in [0.05, 0.1) is 35.6 Å². The van der Waals surface area contributed by atoms with Crippen molar-refractivity contribution in [1.29, 1.82) is 0 Å². The number of phenolic OH excluding ortho intramolecular Hbond substituents is 1. The first-order valence-electron chi connectivity index (χ1n) is 10.0. The number of nitrogens with zero attached hydrogens (tertiary/aromatic N) is 1. The summed E-state index contributed by atoms with van der Waals surface area (Å²) in [5.41, 5.74) is 1.20. The normalized spacial score (nSPS) is 35.2. The number of aromatic hydroxyl groups is 1. The zero-order valence-corrected chi connectivity index (χ0v) is 18.2. The Morgan fingerprint density at radius 3 is 2.27 bits per heavy atom. The van der Waals surface area contributed by atoms with Crippen molar-refractivity contribution in [3.8, 4) is 5.75 Å². The van der Waals surface area contributed by atoms with Gasteiger partial charge in [0.15, 0.2) is 11.6 Å². The predicted octanol–water partition coefficient (Wildman–Crippen LogP) is -0.853. The van der Waals surface area contributed by atoms with E-state index in [9.17, 15) is 45.0 Å². The molecule has 2 aliphatic rings. The number of allylic oxidation sites excluding steroid dienone is 1. The third-order valence-electron chi connectivity index (χ3n) is 6.25. The minimum Gasteiger partial charge on any atom is -0.511 e. The fraction of sp³-hybridized carbons (Fsp3) is 0.409. The summed E-state index contributed by atoms with van der Waals surface area (Å²) in [6, 6.07) is 2.36. The lowest BCUT2D eigenvalue weighted by Gasteiger charge is -2.45. The molecule has 0 aromatic heterocycles. The molecule has 0 bridgehead atoms. The van der Waals surface area contributed by atoms with Gasteiger partial charge in [0.25, 0.3) is 5.91 Å². The smallest absolute Gasteiger partial charge is 0.255 e. The molecule has 33 heavy (non-hydrogen) atoms. The number of ketones is 2. The summed E-state index contributed by atoms with van der Waals surface area (Å²) in [6.45, 7) is 1.22. The largest absolute Gasteiger partial charge is 0.511 e. The number of hydrogen-bond donors (Lipinski definition) is 7. The number of carbonyl (C=O) groups excluding carboxylic acids is 3. The number of benzene rings is 1. The number of aliphatic hydroxyl groups excluding tert-OH is 4. The fourth-order valence-electron chi connectivity index (χ4n) is 4.72. The number of carbonyl (C=O) groups is 3. The molecule has 178 valence electrons. The first kappa shape index (κ1) is 24.4. The van der Waals surface area contributed by atoms with Crippen LogP contribution in [0.2, 0.25) is 0 Å². The van der Waals surface area contributed by atoms with E-state index in [1.807, 2.05) is 0 Å². The average Bonchev–Trinajstić information content (AvgIpc) is 2.68. The van der Waals surface area contributed by atoms with Crippen molar-refractivity contribution >= 4 is 17.5 Å². The van der Waals surface area contributed by atoms with Gasteiger partial charge in [-0.05, 0) is 32.6 Å². The Bertz CT molecular complexity index is 1100. The highest BCUT2D eigenvalue weighted by molar-refractivity contribution is 6.20. The van der Waals surface area contributed by atoms with E-state index in [-0.39, 0.29) is 11.1 Å². The van der Waals surface area contributed by atoms with E-state index >= 15 is 0 Å². The van der Waals surface area contributed by atoms with Gasteiger partial charge in [0, 0.05) is 5.57 Å². The lowest BCUT2D eigenvalue weighted by molar-refractivity contribution is -0.123. The third-order valence-corrected chi connectivity index (χ3v) is 6.25. The Morgan fingerprint density at radius 2 is 1.73 bits per heavy atom. The second kappa shape index (κ2) is 8.27. The number of likely N-dealkylation sites (N-methyl/N-ethyl adjacent to an activating group) is 1. The molecule has 2 aliphatic carbocycles. The quantitative estimate of drug-likeness (QED) is 0.271. The number of fused-ring (bicyclic) bond motifs is 2. The zero-order chi connectivity index (χ0) is 25.0. The molecule has 0 heterocycles. The van der Waals surface area contributed by atoms with Crippen molar-refractivity contribution in [3.05, 3.63) is 52.0 Å². The molecule has 5 atom stereocenters. The Balaban J connectivity index is 2.39. The Kier molecular flexibility index (Phi) is 6.11. The molecule has 1 amide bonds. The molecule has 0 spiro atoms. The van der Waals surface area contributed by atoms with Gasteiger partial charge in [-0.15, -0.1) is 0 Å². The number of amides is 1. The van der Waals surface area contributed by atoms with Crippen LogP contribution in [0.15, 0.2) is 40.9 Å². The van der Waals surface area contributed by atoms with Gasteiger partial charge in [-0.25, -0.2) is 0 Å². The molecule has 0 saturated carbocycles. The first-order valence-corrected chi connectivity index (χ1v) is 10.0. The van der Waals surface area contributed by atoms with Crippen molar-refractivity contribution in [3.63, 3.8) is 0 Å². The lowest BCUT2D eigenvalue weighted by atomic mass is 9.64. The number of aliphatic hydroxyl groups is 5. The summed E-state index contributed by atoms with van der Waals surface area (Å²) in [7, 11) is 2.77. The van der Waals surface area contributed by atoms with Crippen molar-refractivity contribution in [2.75, 3.05) is 14.1 Å². The molecular formula is C22H26N2O9. The van der Waals surface area contributed by atoms with Crippen molar-refractivity contribution in [1.82, 2.24) is 4.90 Å². The van der Waals surface area contributed by atoms with Crippen molar-refractivity contribution in [2.24, 2.45) is 11.7 Å². The minimum atomic E-state index is -2.11.